The van der Waals surface area contributed by atoms with Crippen LogP contribution in [-0.2, 0) is 11.8 Å². The van der Waals surface area contributed by atoms with E-state index < -0.39 is 23.4 Å². The summed E-state index contributed by atoms with van der Waals surface area (Å²) in [6.07, 6.45) is -4.50. The number of alkyl halides is 3. The smallest absolute Gasteiger partial charge is 0.384 e. The zero-order chi connectivity index (χ0) is 21.8. The molecule has 1 atom stereocenters. The number of carbonyl (C=O) groups excluding carboxylic acids is 1. The number of carbonyl (C=O) groups is 1. The molecular formula is C23H21F3N2O2. The number of benzene rings is 3. The largest absolute Gasteiger partial charge is 0.416 e. The van der Waals surface area contributed by atoms with Gasteiger partial charge < -0.3 is 15.7 Å². The minimum Gasteiger partial charge on any atom is -0.384 e. The van der Waals surface area contributed by atoms with Gasteiger partial charge in [0.25, 0.3) is 0 Å². The van der Waals surface area contributed by atoms with E-state index in [1.807, 2.05) is 42.5 Å². The SMILES string of the molecule is CC(O)(CNC(=O)Nc1cccc(C(F)(F)F)c1)c1ccc(-c2ccccc2)cc1. The van der Waals surface area contributed by atoms with E-state index in [9.17, 15) is 23.1 Å². The van der Waals surface area contributed by atoms with E-state index in [-0.39, 0.29) is 12.2 Å². The first-order chi connectivity index (χ1) is 14.1. The first-order valence-electron chi connectivity index (χ1n) is 9.26. The minimum absolute atomic E-state index is 0.00850. The molecule has 0 aliphatic rings. The van der Waals surface area contributed by atoms with Crippen LogP contribution in [0.3, 0.4) is 0 Å². The molecule has 3 aromatic rings. The Morgan fingerprint density at radius 2 is 1.50 bits per heavy atom. The lowest BCUT2D eigenvalue weighted by Gasteiger charge is -2.24. The molecule has 0 aliphatic carbocycles. The fourth-order valence-corrected chi connectivity index (χ4v) is 2.96. The lowest BCUT2D eigenvalue weighted by molar-refractivity contribution is -0.137. The Balaban J connectivity index is 1.61. The van der Waals surface area contributed by atoms with Crippen LogP contribution >= 0.6 is 0 Å². The quantitative estimate of drug-likeness (QED) is 0.523. The van der Waals surface area contributed by atoms with Crippen molar-refractivity contribution in [3.8, 4) is 11.1 Å². The number of halogens is 3. The zero-order valence-corrected chi connectivity index (χ0v) is 16.2. The van der Waals surface area contributed by atoms with Crippen LogP contribution in [0.4, 0.5) is 23.7 Å². The standard InChI is InChI=1S/C23H21F3N2O2/c1-22(30,18-12-10-17(11-13-18)16-6-3-2-4-7-16)15-27-21(29)28-20-9-5-8-19(14-20)23(24,25)26/h2-14,30H,15H2,1H3,(H2,27,28,29). The Bertz CT molecular complexity index is 1000. The zero-order valence-electron chi connectivity index (χ0n) is 16.2. The summed E-state index contributed by atoms with van der Waals surface area (Å²) in [6.45, 7) is 1.43. The highest BCUT2D eigenvalue weighted by molar-refractivity contribution is 5.89. The third-order valence-electron chi connectivity index (χ3n) is 4.65. The van der Waals surface area contributed by atoms with E-state index in [2.05, 4.69) is 10.6 Å². The summed E-state index contributed by atoms with van der Waals surface area (Å²) in [6, 6.07) is 20.7. The second-order valence-electron chi connectivity index (χ2n) is 7.10. The molecule has 7 heteroatoms. The Morgan fingerprint density at radius 3 is 2.13 bits per heavy atom. The van der Waals surface area contributed by atoms with Crippen molar-refractivity contribution in [3.63, 3.8) is 0 Å². The molecule has 3 N–H and O–H groups in total. The van der Waals surface area contributed by atoms with Crippen LogP contribution in [0.1, 0.15) is 18.1 Å². The highest BCUT2D eigenvalue weighted by atomic mass is 19.4. The molecule has 0 saturated heterocycles. The lowest BCUT2D eigenvalue weighted by atomic mass is 9.94. The summed E-state index contributed by atoms with van der Waals surface area (Å²) in [5, 5.41) is 15.6. The monoisotopic (exact) mass is 414 g/mol. The Hall–Kier alpha value is -3.32. The van der Waals surface area contributed by atoms with Gasteiger partial charge in [-0.1, -0.05) is 60.7 Å². The average molecular weight is 414 g/mol. The van der Waals surface area contributed by atoms with Crippen LogP contribution in [0.5, 0.6) is 0 Å². The van der Waals surface area contributed by atoms with Gasteiger partial charge in [0.05, 0.1) is 12.1 Å². The number of urea groups is 1. The van der Waals surface area contributed by atoms with Gasteiger partial charge in [-0.3, -0.25) is 0 Å². The predicted octanol–water partition coefficient (Wildman–Crippen LogP) is 5.40. The maximum absolute atomic E-state index is 12.8. The second kappa shape index (κ2) is 8.59. The van der Waals surface area contributed by atoms with Crippen molar-refractivity contribution in [2.75, 3.05) is 11.9 Å². The number of anilines is 1. The molecule has 0 fully saturated rings. The normalized spacial score (nSPS) is 13.4. The van der Waals surface area contributed by atoms with Crippen molar-refractivity contribution in [1.29, 1.82) is 0 Å². The molecule has 4 nitrogen and oxygen atoms in total. The topological polar surface area (TPSA) is 61.4 Å². The van der Waals surface area contributed by atoms with Crippen molar-refractivity contribution in [1.82, 2.24) is 5.32 Å². The van der Waals surface area contributed by atoms with Gasteiger partial charge in [-0.05, 0) is 41.8 Å². The second-order valence-corrected chi connectivity index (χ2v) is 7.10. The molecule has 0 aliphatic heterocycles. The molecule has 0 saturated carbocycles. The van der Waals surface area contributed by atoms with Crippen molar-refractivity contribution in [3.05, 3.63) is 90.0 Å². The number of amides is 2. The summed E-state index contributed by atoms with van der Waals surface area (Å²) < 4.78 is 38.3. The number of nitrogens with one attached hydrogen (secondary N) is 2. The van der Waals surface area contributed by atoms with E-state index >= 15 is 0 Å². The van der Waals surface area contributed by atoms with Gasteiger partial charge in [0.2, 0.25) is 0 Å². The summed E-state index contributed by atoms with van der Waals surface area (Å²) in [5.74, 6) is 0. The van der Waals surface area contributed by atoms with Gasteiger partial charge in [-0.15, -0.1) is 0 Å². The van der Waals surface area contributed by atoms with E-state index in [0.29, 0.717) is 5.56 Å². The van der Waals surface area contributed by atoms with Crippen LogP contribution in [0.15, 0.2) is 78.9 Å². The fourth-order valence-electron chi connectivity index (χ4n) is 2.96. The molecule has 3 aromatic carbocycles. The molecule has 156 valence electrons. The summed E-state index contributed by atoms with van der Waals surface area (Å²) in [5.41, 5.74) is 0.426. The van der Waals surface area contributed by atoms with E-state index in [4.69, 9.17) is 0 Å². The molecule has 0 aromatic heterocycles. The Labute approximate surface area is 172 Å². The lowest BCUT2D eigenvalue weighted by Crippen LogP contribution is -2.40. The summed E-state index contributed by atoms with van der Waals surface area (Å²) >= 11 is 0. The van der Waals surface area contributed by atoms with Gasteiger partial charge in [-0.25, -0.2) is 4.79 Å². The van der Waals surface area contributed by atoms with Crippen LogP contribution in [0.2, 0.25) is 0 Å². The first-order valence-corrected chi connectivity index (χ1v) is 9.26. The van der Waals surface area contributed by atoms with Crippen molar-refractivity contribution >= 4 is 11.7 Å². The predicted molar refractivity (Wildman–Crippen MR) is 110 cm³/mol. The van der Waals surface area contributed by atoms with Crippen molar-refractivity contribution < 1.29 is 23.1 Å². The van der Waals surface area contributed by atoms with Crippen LogP contribution < -0.4 is 10.6 Å². The first kappa shape index (κ1) is 21.4. The maximum atomic E-state index is 12.8. The minimum atomic E-state index is -4.50. The Morgan fingerprint density at radius 1 is 0.867 bits per heavy atom. The highest BCUT2D eigenvalue weighted by Crippen LogP contribution is 2.30. The number of hydrogen-bond donors (Lipinski definition) is 3. The molecular weight excluding hydrogens is 393 g/mol. The van der Waals surface area contributed by atoms with Crippen molar-refractivity contribution in [2.24, 2.45) is 0 Å². The molecule has 0 radical (unpaired) electrons. The molecule has 2 amide bonds. The Kier molecular flexibility index (Phi) is 6.12. The number of rotatable bonds is 5. The fraction of sp³-hybridized carbons (Fsp3) is 0.174. The van der Waals surface area contributed by atoms with Crippen LogP contribution in [0, 0.1) is 0 Å². The third kappa shape index (κ3) is 5.39. The van der Waals surface area contributed by atoms with Crippen LogP contribution in [0.25, 0.3) is 11.1 Å². The maximum Gasteiger partial charge on any atom is 0.416 e. The van der Waals surface area contributed by atoms with E-state index in [1.165, 1.54) is 12.1 Å². The highest BCUT2D eigenvalue weighted by Gasteiger charge is 2.30. The summed E-state index contributed by atoms with van der Waals surface area (Å²) in [4.78, 5) is 12.1. The summed E-state index contributed by atoms with van der Waals surface area (Å²) in [7, 11) is 0. The molecule has 0 spiro atoms. The molecule has 30 heavy (non-hydrogen) atoms. The van der Waals surface area contributed by atoms with E-state index in [0.717, 1.165) is 23.3 Å². The van der Waals surface area contributed by atoms with Crippen molar-refractivity contribution in [2.45, 2.75) is 18.7 Å². The van der Waals surface area contributed by atoms with E-state index in [1.54, 1.807) is 19.1 Å². The van der Waals surface area contributed by atoms with Gasteiger partial charge in [0.1, 0.15) is 5.60 Å². The van der Waals surface area contributed by atoms with Gasteiger partial charge in [0.15, 0.2) is 0 Å². The third-order valence-corrected chi connectivity index (χ3v) is 4.65. The van der Waals surface area contributed by atoms with Gasteiger partial charge in [-0.2, -0.15) is 13.2 Å². The molecule has 1 unspecified atom stereocenters. The average Bonchev–Trinajstić information content (AvgIpc) is 2.73. The molecule has 0 heterocycles. The van der Waals surface area contributed by atoms with Gasteiger partial charge >= 0.3 is 12.2 Å². The van der Waals surface area contributed by atoms with Gasteiger partial charge in [0, 0.05) is 5.69 Å². The number of hydrogen-bond acceptors (Lipinski definition) is 2. The number of aliphatic hydroxyl groups is 1. The van der Waals surface area contributed by atoms with Crippen LogP contribution in [-0.4, -0.2) is 17.7 Å². The molecule has 0 bridgehead atoms. The molecule has 3 rings (SSSR count).